The topological polar surface area (TPSA) is 95.6 Å². The number of hydrazine groups is 1. The van der Waals surface area contributed by atoms with Crippen LogP contribution in [-0.2, 0) is 11.3 Å². The highest BCUT2D eigenvalue weighted by Crippen LogP contribution is 2.19. The van der Waals surface area contributed by atoms with E-state index in [-0.39, 0.29) is 6.04 Å². The lowest BCUT2D eigenvalue weighted by Gasteiger charge is -2.32. The van der Waals surface area contributed by atoms with Gasteiger partial charge in [0.05, 0.1) is 5.56 Å². The van der Waals surface area contributed by atoms with E-state index in [0.29, 0.717) is 11.4 Å². The van der Waals surface area contributed by atoms with Crippen molar-refractivity contribution in [3.8, 4) is 0 Å². The first kappa shape index (κ1) is 22.6. The first-order valence-corrected chi connectivity index (χ1v) is 10.6. The van der Waals surface area contributed by atoms with Gasteiger partial charge in [0.15, 0.2) is 0 Å². The summed E-state index contributed by atoms with van der Waals surface area (Å²) in [5.41, 5.74) is 5.69. The standard InChI is InChI=1S/C23H31N5O3/c1-23(2,3)31-22(30)27-26-21(29)19-10-7-13-24-20(19)25-18-11-14-28(15-12-18)16-17-8-5-4-6-9-17/h4-10,13,18H,11-12,14-16H2,1-3H3,(H,24,25)(H,26,29)(H,27,30). The SMILES string of the molecule is CC(C)(C)OC(=O)NNC(=O)c1cccnc1NC1CCN(Cc2ccccc2)CC1. The lowest BCUT2D eigenvalue weighted by atomic mass is 10.0. The normalized spacial score (nSPS) is 15.2. The minimum Gasteiger partial charge on any atom is -0.443 e. The van der Waals surface area contributed by atoms with Crippen LogP contribution in [0.25, 0.3) is 0 Å². The molecule has 0 atom stereocenters. The molecule has 1 aromatic carbocycles. The number of pyridine rings is 1. The van der Waals surface area contributed by atoms with Gasteiger partial charge in [0.25, 0.3) is 5.91 Å². The third-order valence-corrected chi connectivity index (χ3v) is 4.91. The molecule has 166 valence electrons. The summed E-state index contributed by atoms with van der Waals surface area (Å²) >= 11 is 0. The number of piperidine rings is 1. The Balaban J connectivity index is 1.51. The van der Waals surface area contributed by atoms with Gasteiger partial charge in [0.1, 0.15) is 11.4 Å². The number of likely N-dealkylation sites (tertiary alicyclic amines) is 1. The van der Waals surface area contributed by atoms with Gasteiger partial charge in [-0.05, 0) is 51.3 Å². The summed E-state index contributed by atoms with van der Waals surface area (Å²) in [5, 5.41) is 3.40. The second-order valence-electron chi connectivity index (χ2n) is 8.66. The van der Waals surface area contributed by atoms with Crippen LogP contribution in [0.4, 0.5) is 10.6 Å². The zero-order valence-corrected chi connectivity index (χ0v) is 18.4. The van der Waals surface area contributed by atoms with Crippen LogP contribution in [-0.4, -0.2) is 46.6 Å². The second-order valence-corrected chi connectivity index (χ2v) is 8.66. The largest absolute Gasteiger partial charge is 0.443 e. The number of nitrogens with zero attached hydrogens (tertiary/aromatic N) is 2. The number of amides is 2. The van der Waals surface area contributed by atoms with Crippen LogP contribution in [0.5, 0.6) is 0 Å². The fourth-order valence-corrected chi connectivity index (χ4v) is 3.45. The maximum Gasteiger partial charge on any atom is 0.426 e. The van der Waals surface area contributed by atoms with E-state index in [2.05, 4.69) is 50.3 Å². The first-order valence-electron chi connectivity index (χ1n) is 10.6. The van der Waals surface area contributed by atoms with Crippen molar-refractivity contribution in [1.82, 2.24) is 20.7 Å². The molecule has 0 bridgehead atoms. The van der Waals surface area contributed by atoms with Crippen LogP contribution in [0.3, 0.4) is 0 Å². The van der Waals surface area contributed by atoms with Crippen molar-refractivity contribution in [2.75, 3.05) is 18.4 Å². The molecule has 31 heavy (non-hydrogen) atoms. The Morgan fingerprint density at radius 1 is 1.06 bits per heavy atom. The van der Waals surface area contributed by atoms with E-state index in [9.17, 15) is 9.59 Å². The van der Waals surface area contributed by atoms with Crippen LogP contribution in [0.2, 0.25) is 0 Å². The number of anilines is 1. The Hall–Kier alpha value is -3.13. The molecule has 8 nitrogen and oxygen atoms in total. The quantitative estimate of drug-likeness (QED) is 0.636. The summed E-state index contributed by atoms with van der Waals surface area (Å²) in [4.78, 5) is 31.1. The molecule has 0 spiro atoms. The van der Waals surface area contributed by atoms with Gasteiger partial charge in [-0.15, -0.1) is 0 Å². The number of nitrogens with one attached hydrogen (secondary N) is 3. The number of benzene rings is 1. The highest BCUT2D eigenvalue weighted by molar-refractivity contribution is 5.99. The van der Waals surface area contributed by atoms with Gasteiger partial charge in [-0.3, -0.25) is 15.1 Å². The molecule has 1 aliphatic heterocycles. The number of hydrogen-bond acceptors (Lipinski definition) is 6. The monoisotopic (exact) mass is 425 g/mol. The molecule has 3 N–H and O–H groups in total. The molecule has 0 radical (unpaired) electrons. The Bertz CT molecular complexity index is 874. The van der Waals surface area contributed by atoms with Gasteiger partial charge in [-0.1, -0.05) is 30.3 Å². The minimum atomic E-state index is -0.718. The molecule has 1 aromatic heterocycles. The highest BCUT2D eigenvalue weighted by atomic mass is 16.6. The van der Waals surface area contributed by atoms with Crippen molar-refractivity contribution in [3.05, 3.63) is 59.8 Å². The third-order valence-electron chi connectivity index (χ3n) is 4.91. The lowest BCUT2D eigenvalue weighted by molar-refractivity contribution is 0.0483. The molecule has 2 aromatic rings. The molecule has 1 saturated heterocycles. The first-order chi connectivity index (χ1) is 14.8. The number of ether oxygens (including phenoxy) is 1. The third kappa shape index (κ3) is 7.25. The summed E-state index contributed by atoms with van der Waals surface area (Å²) in [7, 11) is 0. The second kappa shape index (κ2) is 10.3. The molecule has 0 aliphatic carbocycles. The Morgan fingerprint density at radius 3 is 2.45 bits per heavy atom. The van der Waals surface area contributed by atoms with E-state index < -0.39 is 17.6 Å². The van der Waals surface area contributed by atoms with Crippen LogP contribution >= 0.6 is 0 Å². The summed E-state index contributed by atoms with van der Waals surface area (Å²) in [6, 6.07) is 14.0. The van der Waals surface area contributed by atoms with Gasteiger partial charge in [0.2, 0.25) is 0 Å². The molecule has 8 heteroatoms. The molecule has 1 fully saturated rings. The van der Waals surface area contributed by atoms with Crippen molar-refractivity contribution in [2.45, 2.75) is 51.8 Å². The maximum absolute atomic E-state index is 12.6. The average Bonchev–Trinajstić information content (AvgIpc) is 2.73. The van der Waals surface area contributed by atoms with Crippen LogP contribution < -0.4 is 16.2 Å². The Morgan fingerprint density at radius 2 is 1.77 bits per heavy atom. The molecule has 2 heterocycles. The van der Waals surface area contributed by atoms with Crippen LogP contribution in [0.15, 0.2) is 48.7 Å². The fraction of sp³-hybridized carbons (Fsp3) is 0.435. The van der Waals surface area contributed by atoms with Gasteiger partial charge in [0, 0.05) is 31.9 Å². The zero-order valence-electron chi connectivity index (χ0n) is 18.4. The summed E-state index contributed by atoms with van der Waals surface area (Å²) in [6.07, 6.45) is 2.84. The van der Waals surface area contributed by atoms with Crippen LogP contribution in [0.1, 0.15) is 49.5 Å². The van der Waals surface area contributed by atoms with E-state index in [1.807, 2.05) is 6.07 Å². The van der Waals surface area contributed by atoms with Crippen molar-refractivity contribution in [2.24, 2.45) is 0 Å². The predicted octanol–water partition coefficient (Wildman–Crippen LogP) is 3.33. The Kier molecular flexibility index (Phi) is 7.46. The van der Waals surface area contributed by atoms with E-state index in [1.54, 1.807) is 39.1 Å². The maximum atomic E-state index is 12.6. The zero-order chi connectivity index (χ0) is 22.3. The molecular formula is C23H31N5O3. The van der Waals surface area contributed by atoms with Crippen molar-refractivity contribution < 1.29 is 14.3 Å². The molecule has 3 rings (SSSR count). The minimum absolute atomic E-state index is 0.229. The molecule has 0 unspecified atom stereocenters. The Labute approximate surface area is 183 Å². The van der Waals surface area contributed by atoms with E-state index >= 15 is 0 Å². The molecule has 2 amide bonds. The van der Waals surface area contributed by atoms with Gasteiger partial charge >= 0.3 is 6.09 Å². The van der Waals surface area contributed by atoms with E-state index in [1.165, 1.54) is 5.56 Å². The number of carbonyl (C=O) groups excluding carboxylic acids is 2. The van der Waals surface area contributed by atoms with Gasteiger partial charge in [-0.25, -0.2) is 15.2 Å². The smallest absolute Gasteiger partial charge is 0.426 e. The summed E-state index contributed by atoms with van der Waals surface area (Å²) in [5.74, 6) is 0.0514. The van der Waals surface area contributed by atoms with E-state index in [4.69, 9.17) is 4.74 Å². The fourth-order valence-electron chi connectivity index (χ4n) is 3.45. The van der Waals surface area contributed by atoms with Gasteiger partial charge < -0.3 is 10.1 Å². The summed E-state index contributed by atoms with van der Waals surface area (Å²) in [6.45, 7) is 8.15. The van der Waals surface area contributed by atoms with E-state index in [0.717, 1.165) is 32.5 Å². The summed E-state index contributed by atoms with van der Waals surface area (Å²) < 4.78 is 5.13. The number of hydrogen-bond donors (Lipinski definition) is 3. The molecular weight excluding hydrogens is 394 g/mol. The lowest BCUT2D eigenvalue weighted by Crippen LogP contribution is -2.44. The molecule has 0 saturated carbocycles. The van der Waals surface area contributed by atoms with Crippen molar-refractivity contribution in [1.29, 1.82) is 0 Å². The van der Waals surface area contributed by atoms with Crippen LogP contribution in [0, 0.1) is 0 Å². The highest BCUT2D eigenvalue weighted by Gasteiger charge is 2.22. The molecule has 1 aliphatic rings. The van der Waals surface area contributed by atoms with Crippen molar-refractivity contribution in [3.63, 3.8) is 0 Å². The number of rotatable bonds is 5. The number of aromatic nitrogens is 1. The van der Waals surface area contributed by atoms with Crippen molar-refractivity contribution >= 4 is 17.8 Å². The van der Waals surface area contributed by atoms with Gasteiger partial charge in [-0.2, -0.15) is 0 Å². The number of carbonyl (C=O) groups is 2. The predicted molar refractivity (Wildman–Crippen MR) is 119 cm³/mol. The average molecular weight is 426 g/mol.